The molecule has 0 radical (unpaired) electrons. The molecule has 4 nitrogen and oxygen atoms in total. The molecule has 0 aromatic heterocycles. The van der Waals surface area contributed by atoms with Crippen LogP contribution < -0.4 is 0 Å². The van der Waals surface area contributed by atoms with Gasteiger partial charge in [-0.1, -0.05) is 18.2 Å². The molecule has 4 heteroatoms. The molecule has 0 fully saturated rings. The average Bonchev–Trinajstić information content (AvgIpc) is 2.28. The van der Waals surface area contributed by atoms with E-state index in [0.717, 1.165) is 5.56 Å². The molecule has 15 heavy (non-hydrogen) atoms. The highest BCUT2D eigenvalue weighted by Gasteiger charge is 2.04. The number of hydrogen-bond donors (Lipinski definition) is 0. The molecule has 0 amide bonds. The van der Waals surface area contributed by atoms with Crippen LogP contribution in [0.3, 0.4) is 0 Å². The minimum atomic E-state index is -0.278. The fourth-order valence-electron chi connectivity index (χ4n) is 1.22. The van der Waals surface area contributed by atoms with E-state index < -0.39 is 0 Å². The van der Waals surface area contributed by atoms with Gasteiger partial charge >= 0.3 is 5.97 Å². The van der Waals surface area contributed by atoms with Gasteiger partial charge in [0.2, 0.25) is 6.08 Å². The first kappa shape index (κ1) is 11.1. The Morgan fingerprint density at radius 3 is 2.87 bits per heavy atom. The zero-order valence-electron chi connectivity index (χ0n) is 8.40. The molecule has 0 aliphatic rings. The summed E-state index contributed by atoms with van der Waals surface area (Å²) in [7, 11) is 1.35. The van der Waals surface area contributed by atoms with Crippen molar-refractivity contribution in [1.29, 1.82) is 0 Å². The standard InChI is InChI=1S/C11H11NO3/c1-15-11(14)7-6-9-4-2-3-5-10(9)12-8-13/h2-5H,6-7H2,1H3. The predicted octanol–water partition coefficient (Wildman–Crippen LogP) is 1.76. The van der Waals surface area contributed by atoms with E-state index in [1.54, 1.807) is 12.1 Å². The zero-order valence-corrected chi connectivity index (χ0v) is 8.40. The lowest BCUT2D eigenvalue weighted by atomic mass is 10.1. The Morgan fingerprint density at radius 2 is 2.20 bits per heavy atom. The molecule has 0 aliphatic carbocycles. The normalized spacial score (nSPS) is 9.13. The highest BCUT2D eigenvalue weighted by atomic mass is 16.5. The molecule has 1 aromatic carbocycles. The number of methoxy groups -OCH3 is 1. The lowest BCUT2D eigenvalue weighted by molar-refractivity contribution is -0.140. The van der Waals surface area contributed by atoms with E-state index in [4.69, 9.17) is 0 Å². The Bertz CT molecular complexity index is 395. The van der Waals surface area contributed by atoms with Crippen LogP contribution in [0.15, 0.2) is 29.3 Å². The number of carbonyl (C=O) groups is 1. The van der Waals surface area contributed by atoms with Gasteiger partial charge in [0.25, 0.3) is 0 Å². The van der Waals surface area contributed by atoms with Gasteiger partial charge < -0.3 is 4.74 Å². The van der Waals surface area contributed by atoms with Crippen LogP contribution in [0.25, 0.3) is 0 Å². The SMILES string of the molecule is COC(=O)CCc1ccccc1N=C=O. The van der Waals surface area contributed by atoms with Gasteiger partial charge in [-0.25, -0.2) is 4.79 Å². The van der Waals surface area contributed by atoms with Crippen LogP contribution in [0.4, 0.5) is 5.69 Å². The van der Waals surface area contributed by atoms with Crippen LogP contribution in [-0.2, 0) is 20.7 Å². The maximum Gasteiger partial charge on any atom is 0.305 e. The first-order chi connectivity index (χ1) is 7.27. The lowest BCUT2D eigenvalue weighted by Crippen LogP contribution is -2.01. The summed E-state index contributed by atoms with van der Waals surface area (Å²) in [4.78, 5) is 24.6. The fourth-order valence-corrected chi connectivity index (χ4v) is 1.22. The van der Waals surface area contributed by atoms with E-state index in [9.17, 15) is 9.59 Å². The largest absolute Gasteiger partial charge is 0.469 e. The second-order valence-corrected chi connectivity index (χ2v) is 2.91. The van der Waals surface area contributed by atoms with Crippen LogP contribution in [0.5, 0.6) is 0 Å². The molecule has 1 aromatic rings. The quantitative estimate of drug-likeness (QED) is 0.427. The number of rotatable bonds is 4. The third-order valence-electron chi connectivity index (χ3n) is 1.98. The summed E-state index contributed by atoms with van der Waals surface area (Å²) in [5.74, 6) is -0.278. The molecule has 0 saturated heterocycles. The number of aryl methyl sites for hydroxylation is 1. The number of ether oxygens (including phenoxy) is 1. The third kappa shape index (κ3) is 3.37. The summed E-state index contributed by atoms with van der Waals surface area (Å²) in [6.07, 6.45) is 2.27. The van der Waals surface area contributed by atoms with Crippen LogP contribution in [-0.4, -0.2) is 19.2 Å². The number of nitrogens with zero attached hydrogens (tertiary/aromatic N) is 1. The molecule has 0 bridgehead atoms. The molecular weight excluding hydrogens is 194 g/mol. The Labute approximate surface area is 87.6 Å². The first-order valence-electron chi connectivity index (χ1n) is 4.50. The lowest BCUT2D eigenvalue weighted by Gasteiger charge is -2.02. The number of esters is 1. The summed E-state index contributed by atoms with van der Waals surface area (Å²) in [6, 6.07) is 7.13. The Balaban J connectivity index is 2.75. The highest BCUT2D eigenvalue weighted by molar-refractivity contribution is 5.70. The Morgan fingerprint density at radius 1 is 1.47 bits per heavy atom. The fraction of sp³-hybridized carbons (Fsp3) is 0.273. The highest BCUT2D eigenvalue weighted by Crippen LogP contribution is 2.19. The summed E-state index contributed by atoms with van der Waals surface area (Å²) in [5.41, 5.74) is 1.39. The third-order valence-corrected chi connectivity index (χ3v) is 1.98. The molecule has 0 N–H and O–H groups in total. The number of hydrogen-bond acceptors (Lipinski definition) is 4. The van der Waals surface area contributed by atoms with Crippen molar-refractivity contribution in [3.8, 4) is 0 Å². The van der Waals surface area contributed by atoms with Crippen molar-refractivity contribution in [3.63, 3.8) is 0 Å². The number of carbonyl (C=O) groups excluding carboxylic acids is 2. The average molecular weight is 205 g/mol. The van der Waals surface area contributed by atoms with Crippen molar-refractivity contribution in [3.05, 3.63) is 29.8 Å². The maximum absolute atomic E-state index is 10.9. The van der Waals surface area contributed by atoms with E-state index in [1.165, 1.54) is 13.2 Å². The first-order valence-corrected chi connectivity index (χ1v) is 4.50. The van der Waals surface area contributed by atoms with Gasteiger partial charge in [0.1, 0.15) is 0 Å². The summed E-state index contributed by atoms with van der Waals surface area (Å²) < 4.78 is 4.52. The van der Waals surface area contributed by atoms with Crippen LogP contribution in [0, 0.1) is 0 Å². The molecule has 0 spiro atoms. The molecule has 0 saturated carbocycles. The van der Waals surface area contributed by atoms with Gasteiger partial charge in [-0.05, 0) is 18.1 Å². The molecule has 0 unspecified atom stereocenters. The van der Waals surface area contributed by atoms with Gasteiger partial charge in [-0.3, -0.25) is 4.79 Å². The molecule has 1 rings (SSSR count). The van der Waals surface area contributed by atoms with Crippen molar-refractivity contribution in [2.75, 3.05) is 7.11 Å². The molecule has 0 aliphatic heterocycles. The molecular formula is C11H11NO3. The minimum absolute atomic E-state index is 0.278. The van der Waals surface area contributed by atoms with Crippen molar-refractivity contribution in [2.45, 2.75) is 12.8 Å². The Hall–Kier alpha value is -1.93. The van der Waals surface area contributed by atoms with E-state index in [1.807, 2.05) is 12.1 Å². The maximum atomic E-state index is 10.9. The number of benzene rings is 1. The monoisotopic (exact) mass is 205 g/mol. The van der Waals surface area contributed by atoms with E-state index >= 15 is 0 Å². The van der Waals surface area contributed by atoms with E-state index in [0.29, 0.717) is 12.1 Å². The van der Waals surface area contributed by atoms with Gasteiger partial charge in [-0.15, -0.1) is 0 Å². The van der Waals surface area contributed by atoms with Crippen LogP contribution >= 0.6 is 0 Å². The minimum Gasteiger partial charge on any atom is -0.469 e. The Kier molecular flexibility index (Phi) is 4.26. The smallest absolute Gasteiger partial charge is 0.305 e. The van der Waals surface area contributed by atoms with E-state index in [-0.39, 0.29) is 12.4 Å². The van der Waals surface area contributed by atoms with Gasteiger partial charge in [0, 0.05) is 6.42 Å². The van der Waals surface area contributed by atoms with E-state index in [2.05, 4.69) is 9.73 Å². The molecule has 78 valence electrons. The van der Waals surface area contributed by atoms with Crippen molar-refractivity contribution in [1.82, 2.24) is 0 Å². The van der Waals surface area contributed by atoms with Crippen molar-refractivity contribution in [2.24, 2.45) is 4.99 Å². The topological polar surface area (TPSA) is 55.7 Å². The van der Waals surface area contributed by atoms with Crippen molar-refractivity contribution < 1.29 is 14.3 Å². The van der Waals surface area contributed by atoms with Gasteiger partial charge in [0.05, 0.1) is 12.8 Å². The summed E-state index contributed by atoms with van der Waals surface area (Å²) >= 11 is 0. The second kappa shape index (κ2) is 5.73. The summed E-state index contributed by atoms with van der Waals surface area (Å²) in [6.45, 7) is 0. The van der Waals surface area contributed by atoms with Gasteiger partial charge in [-0.2, -0.15) is 4.99 Å². The van der Waals surface area contributed by atoms with Crippen LogP contribution in [0.1, 0.15) is 12.0 Å². The predicted molar refractivity (Wildman–Crippen MR) is 54.6 cm³/mol. The number of para-hydroxylation sites is 1. The van der Waals surface area contributed by atoms with Crippen molar-refractivity contribution >= 4 is 17.7 Å². The number of isocyanates is 1. The number of aliphatic imine (C=N–C) groups is 1. The van der Waals surface area contributed by atoms with Gasteiger partial charge in [0.15, 0.2) is 0 Å². The molecule has 0 atom stereocenters. The summed E-state index contributed by atoms with van der Waals surface area (Å²) in [5, 5.41) is 0. The molecule has 0 heterocycles. The van der Waals surface area contributed by atoms with Crippen LogP contribution in [0.2, 0.25) is 0 Å². The second-order valence-electron chi connectivity index (χ2n) is 2.91. The zero-order chi connectivity index (χ0) is 11.1.